The average Bonchev–Trinajstić information content (AvgIpc) is 2.34. The molecule has 0 spiro atoms. The SMILES string of the molecule is Cc1cc(-c2ccccc2C(F)(F)F)cc(N)c1C. The van der Waals surface area contributed by atoms with Gasteiger partial charge < -0.3 is 5.73 Å². The fourth-order valence-corrected chi connectivity index (χ4v) is 2.02. The van der Waals surface area contributed by atoms with Crippen LogP contribution >= 0.6 is 0 Å². The van der Waals surface area contributed by atoms with Crippen molar-refractivity contribution >= 4 is 5.69 Å². The van der Waals surface area contributed by atoms with Crippen LogP contribution in [0, 0.1) is 13.8 Å². The number of hydrogen-bond acceptors (Lipinski definition) is 1. The average molecular weight is 265 g/mol. The van der Waals surface area contributed by atoms with E-state index in [9.17, 15) is 13.2 Å². The molecule has 19 heavy (non-hydrogen) atoms. The van der Waals surface area contributed by atoms with Gasteiger partial charge >= 0.3 is 6.18 Å². The molecule has 0 aromatic heterocycles. The maximum absolute atomic E-state index is 13.0. The summed E-state index contributed by atoms with van der Waals surface area (Å²) in [6.07, 6.45) is -4.37. The lowest BCUT2D eigenvalue weighted by molar-refractivity contribution is -0.137. The van der Waals surface area contributed by atoms with Crippen molar-refractivity contribution in [3.8, 4) is 11.1 Å². The van der Waals surface area contributed by atoms with Crippen molar-refractivity contribution in [3.05, 3.63) is 53.1 Å². The molecule has 2 aromatic carbocycles. The summed E-state index contributed by atoms with van der Waals surface area (Å²) in [7, 11) is 0. The van der Waals surface area contributed by atoms with Gasteiger partial charge in [-0.2, -0.15) is 13.2 Å². The minimum absolute atomic E-state index is 0.157. The van der Waals surface area contributed by atoms with Crippen molar-refractivity contribution in [1.82, 2.24) is 0 Å². The van der Waals surface area contributed by atoms with Gasteiger partial charge in [-0.3, -0.25) is 0 Å². The van der Waals surface area contributed by atoms with Crippen LogP contribution in [0.4, 0.5) is 18.9 Å². The zero-order valence-electron chi connectivity index (χ0n) is 10.7. The topological polar surface area (TPSA) is 26.0 Å². The van der Waals surface area contributed by atoms with Crippen LogP contribution in [0.1, 0.15) is 16.7 Å². The van der Waals surface area contributed by atoms with Crippen molar-refractivity contribution in [2.45, 2.75) is 20.0 Å². The zero-order valence-corrected chi connectivity index (χ0v) is 10.7. The van der Waals surface area contributed by atoms with E-state index in [0.29, 0.717) is 11.3 Å². The number of nitrogen functional groups attached to an aromatic ring is 1. The Kier molecular flexibility index (Phi) is 3.27. The molecule has 0 atom stereocenters. The predicted molar refractivity (Wildman–Crippen MR) is 70.8 cm³/mol. The fourth-order valence-electron chi connectivity index (χ4n) is 2.02. The number of anilines is 1. The monoisotopic (exact) mass is 265 g/mol. The molecule has 0 aliphatic rings. The first kappa shape index (κ1) is 13.5. The van der Waals surface area contributed by atoms with Crippen LogP contribution in [0.25, 0.3) is 11.1 Å². The van der Waals surface area contributed by atoms with Crippen molar-refractivity contribution < 1.29 is 13.2 Å². The number of hydrogen-bond donors (Lipinski definition) is 1. The summed E-state index contributed by atoms with van der Waals surface area (Å²) >= 11 is 0. The number of alkyl halides is 3. The van der Waals surface area contributed by atoms with E-state index >= 15 is 0 Å². The molecular weight excluding hydrogens is 251 g/mol. The van der Waals surface area contributed by atoms with Crippen LogP contribution in [-0.4, -0.2) is 0 Å². The van der Waals surface area contributed by atoms with E-state index in [2.05, 4.69) is 0 Å². The minimum atomic E-state index is -4.37. The highest BCUT2D eigenvalue weighted by atomic mass is 19.4. The molecule has 2 rings (SSSR count). The Morgan fingerprint density at radius 1 is 1.00 bits per heavy atom. The lowest BCUT2D eigenvalue weighted by Crippen LogP contribution is -2.07. The Labute approximate surface area is 109 Å². The second kappa shape index (κ2) is 4.61. The molecule has 0 aliphatic heterocycles. The molecule has 2 N–H and O–H groups in total. The lowest BCUT2D eigenvalue weighted by atomic mass is 9.95. The zero-order chi connectivity index (χ0) is 14.2. The summed E-state index contributed by atoms with van der Waals surface area (Å²) in [6, 6.07) is 8.85. The summed E-state index contributed by atoms with van der Waals surface area (Å²) < 4.78 is 38.9. The van der Waals surface area contributed by atoms with Gasteiger partial charge in [-0.05, 0) is 48.2 Å². The first-order chi connectivity index (χ1) is 8.80. The van der Waals surface area contributed by atoms with Crippen LogP contribution < -0.4 is 5.73 Å². The maximum atomic E-state index is 13.0. The van der Waals surface area contributed by atoms with Crippen molar-refractivity contribution in [2.24, 2.45) is 0 Å². The fraction of sp³-hybridized carbons (Fsp3) is 0.200. The molecular formula is C15H14F3N. The second-order valence-electron chi connectivity index (χ2n) is 4.55. The molecule has 0 amide bonds. The molecule has 0 fully saturated rings. The van der Waals surface area contributed by atoms with Crippen molar-refractivity contribution in [2.75, 3.05) is 5.73 Å². The van der Waals surface area contributed by atoms with E-state index in [1.165, 1.54) is 12.1 Å². The van der Waals surface area contributed by atoms with Crippen molar-refractivity contribution in [3.63, 3.8) is 0 Å². The van der Waals surface area contributed by atoms with Gasteiger partial charge in [0.1, 0.15) is 0 Å². The normalized spacial score (nSPS) is 11.6. The highest BCUT2D eigenvalue weighted by Crippen LogP contribution is 2.38. The first-order valence-corrected chi connectivity index (χ1v) is 5.84. The van der Waals surface area contributed by atoms with Gasteiger partial charge in [0.25, 0.3) is 0 Å². The quantitative estimate of drug-likeness (QED) is 0.751. The van der Waals surface area contributed by atoms with Crippen LogP contribution in [-0.2, 0) is 6.18 Å². The number of benzene rings is 2. The summed E-state index contributed by atoms with van der Waals surface area (Å²) in [6.45, 7) is 3.69. The van der Waals surface area contributed by atoms with Gasteiger partial charge in [0.2, 0.25) is 0 Å². The van der Waals surface area contributed by atoms with E-state index in [4.69, 9.17) is 5.73 Å². The Hall–Kier alpha value is -1.97. The highest BCUT2D eigenvalue weighted by Gasteiger charge is 2.33. The van der Waals surface area contributed by atoms with Crippen LogP contribution in [0.5, 0.6) is 0 Å². The molecule has 2 aromatic rings. The van der Waals surface area contributed by atoms with E-state index in [1.54, 1.807) is 18.2 Å². The molecule has 0 radical (unpaired) electrons. The largest absolute Gasteiger partial charge is 0.417 e. The van der Waals surface area contributed by atoms with Gasteiger partial charge in [-0.25, -0.2) is 0 Å². The molecule has 0 unspecified atom stereocenters. The molecule has 100 valence electrons. The molecule has 0 heterocycles. The summed E-state index contributed by atoms with van der Waals surface area (Å²) in [5.41, 5.74) is 8.13. The van der Waals surface area contributed by atoms with Gasteiger partial charge in [-0.15, -0.1) is 0 Å². The van der Waals surface area contributed by atoms with Gasteiger partial charge in [-0.1, -0.05) is 24.3 Å². The molecule has 1 nitrogen and oxygen atoms in total. The number of rotatable bonds is 1. The van der Waals surface area contributed by atoms with Gasteiger partial charge in [0.15, 0.2) is 0 Å². The first-order valence-electron chi connectivity index (χ1n) is 5.84. The lowest BCUT2D eigenvalue weighted by Gasteiger charge is -2.15. The Bertz CT molecular complexity index is 592. The van der Waals surface area contributed by atoms with E-state index < -0.39 is 11.7 Å². The van der Waals surface area contributed by atoms with Gasteiger partial charge in [0.05, 0.1) is 5.56 Å². The number of nitrogens with two attached hydrogens (primary N) is 1. The Morgan fingerprint density at radius 3 is 2.21 bits per heavy atom. The summed E-state index contributed by atoms with van der Waals surface area (Å²) in [4.78, 5) is 0. The predicted octanol–water partition coefficient (Wildman–Crippen LogP) is 4.57. The number of aryl methyl sites for hydroxylation is 1. The molecule has 0 saturated carbocycles. The van der Waals surface area contributed by atoms with Gasteiger partial charge in [0, 0.05) is 5.69 Å². The third-order valence-corrected chi connectivity index (χ3v) is 3.25. The Balaban J connectivity index is 2.67. The summed E-state index contributed by atoms with van der Waals surface area (Å²) in [5, 5.41) is 0. The molecule has 0 bridgehead atoms. The summed E-state index contributed by atoms with van der Waals surface area (Å²) in [5.74, 6) is 0. The molecule has 0 aliphatic carbocycles. The smallest absolute Gasteiger partial charge is 0.398 e. The molecule has 0 saturated heterocycles. The Morgan fingerprint density at radius 2 is 1.63 bits per heavy atom. The third-order valence-electron chi connectivity index (χ3n) is 3.25. The van der Waals surface area contributed by atoms with Crippen LogP contribution in [0.3, 0.4) is 0 Å². The van der Waals surface area contributed by atoms with E-state index in [-0.39, 0.29) is 5.56 Å². The maximum Gasteiger partial charge on any atom is 0.417 e. The van der Waals surface area contributed by atoms with Crippen LogP contribution in [0.15, 0.2) is 36.4 Å². The third kappa shape index (κ3) is 2.57. The van der Waals surface area contributed by atoms with E-state index in [1.807, 2.05) is 13.8 Å². The standard InChI is InChI=1S/C15H14F3N/c1-9-7-11(8-14(19)10(9)2)12-5-3-4-6-13(12)15(16,17)18/h3-8H,19H2,1-2H3. The minimum Gasteiger partial charge on any atom is -0.398 e. The second-order valence-corrected chi connectivity index (χ2v) is 4.55. The molecule has 4 heteroatoms. The van der Waals surface area contributed by atoms with E-state index in [0.717, 1.165) is 17.2 Å². The number of halogens is 3. The van der Waals surface area contributed by atoms with Crippen molar-refractivity contribution in [1.29, 1.82) is 0 Å². The van der Waals surface area contributed by atoms with Crippen LogP contribution in [0.2, 0.25) is 0 Å². The highest BCUT2D eigenvalue weighted by molar-refractivity contribution is 5.73.